The van der Waals surface area contributed by atoms with Gasteiger partial charge in [-0.3, -0.25) is 4.39 Å². The second-order valence-electron chi connectivity index (χ2n) is 12.3. The molecule has 0 amide bonds. The number of halogens is 1. The van der Waals surface area contributed by atoms with Crippen LogP contribution in [0.25, 0.3) is 75.0 Å². The van der Waals surface area contributed by atoms with Gasteiger partial charge in [0.1, 0.15) is 5.58 Å². The molecule has 0 saturated heterocycles. The SMILES string of the molecule is Fc1c[c-]c2c(c1)sc1cccnc12.[2H]C([2H])([2H])c1cnc(-c2[c-]ccc3c2oc2c3ccc3ccc4ccccc4c32)cc1C1([2H])CCCCC1.[Ir]. The second kappa shape index (κ2) is 13.1. The van der Waals surface area contributed by atoms with Crippen molar-refractivity contribution >= 4 is 75.1 Å². The molecule has 4 heterocycles. The van der Waals surface area contributed by atoms with Crippen molar-refractivity contribution in [1.29, 1.82) is 0 Å². The first-order valence-corrected chi connectivity index (χ1v) is 17.0. The Morgan fingerprint density at radius 1 is 0.857 bits per heavy atom. The van der Waals surface area contributed by atoms with Crippen LogP contribution in [0.1, 0.15) is 54.6 Å². The van der Waals surface area contributed by atoms with Crippen LogP contribution in [0.3, 0.4) is 0 Å². The molecular formula is C43H31FIrN2OS-2. The summed E-state index contributed by atoms with van der Waals surface area (Å²) in [5.41, 5.74) is 4.40. The van der Waals surface area contributed by atoms with Crippen LogP contribution in [0.2, 0.25) is 0 Å². The number of fused-ring (bicyclic) bond motifs is 10. The number of pyridine rings is 2. The van der Waals surface area contributed by atoms with Crippen molar-refractivity contribution < 1.29 is 34.4 Å². The van der Waals surface area contributed by atoms with Crippen molar-refractivity contribution in [2.45, 2.75) is 44.8 Å². The molecule has 1 fully saturated rings. The molecule has 1 aliphatic carbocycles. The molecule has 0 unspecified atom stereocenters. The Morgan fingerprint density at radius 2 is 1.69 bits per heavy atom. The van der Waals surface area contributed by atoms with Gasteiger partial charge in [0.2, 0.25) is 0 Å². The van der Waals surface area contributed by atoms with E-state index in [9.17, 15) is 5.76 Å². The van der Waals surface area contributed by atoms with Crippen LogP contribution in [-0.2, 0) is 20.1 Å². The Labute approximate surface area is 306 Å². The van der Waals surface area contributed by atoms with Gasteiger partial charge in [-0.25, -0.2) is 0 Å². The zero-order chi connectivity index (χ0) is 35.6. The van der Waals surface area contributed by atoms with Crippen molar-refractivity contribution in [3.05, 3.63) is 132 Å². The quantitative estimate of drug-likeness (QED) is 0.129. The van der Waals surface area contributed by atoms with E-state index in [2.05, 4.69) is 58.5 Å². The van der Waals surface area contributed by atoms with Gasteiger partial charge in [-0.2, -0.15) is 11.3 Å². The fourth-order valence-electron chi connectivity index (χ4n) is 7.11. The fourth-order valence-corrected chi connectivity index (χ4v) is 8.17. The smallest absolute Gasteiger partial charge is 0.129 e. The van der Waals surface area contributed by atoms with Crippen LogP contribution >= 0.6 is 11.3 Å². The van der Waals surface area contributed by atoms with Crippen LogP contribution in [0.15, 0.2) is 108 Å². The number of rotatable bonds is 2. The molecule has 0 aliphatic heterocycles. The topological polar surface area (TPSA) is 38.9 Å². The second-order valence-corrected chi connectivity index (χ2v) is 13.4. The molecule has 1 radical (unpaired) electrons. The van der Waals surface area contributed by atoms with Gasteiger partial charge in [-0.05, 0) is 64.6 Å². The van der Waals surface area contributed by atoms with Gasteiger partial charge in [0.25, 0.3) is 0 Å². The molecule has 9 aromatic rings. The minimum Gasteiger partial charge on any atom is -0.500 e. The first-order chi connectivity index (χ1) is 25.2. The van der Waals surface area contributed by atoms with Crippen molar-refractivity contribution in [2.24, 2.45) is 0 Å². The van der Waals surface area contributed by atoms with E-state index in [4.69, 9.17) is 8.53 Å². The van der Waals surface area contributed by atoms with Gasteiger partial charge >= 0.3 is 0 Å². The van der Waals surface area contributed by atoms with Gasteiger partial charge < -0.3 is 14.4 Å². The van der Waals surface area contributed by atoms with E-state index < -0.39 is 12.7 Å². The van der Waals surface area contributed by atoms with Crippen molar-refractivity contribution in [2.75, 3.05) is 0 Å². The largest absolute Gasteiger partial charge is 0.500 e. The average molecular weight is 839 g/mol. The van der Waals surface area contributed by atoms with E-state index in [0.29, 0.717) is 35.2 Å². The monoisotopic (exact) mass is 839 g/mol. The number of benzene rings is 5. The van der Waals surface area contributed by atoms with Gasteiger partial charge in [0.15, 0.2) is 0 Å². The molecule has 0 N–H and O–H groups in total. The maximum Gasteiger partial charge on any atom is 0.129 e. The number of thiophene rings is 1. The maximum atomic E-state index is 12.9. The van der Waals surface area contributed by atoms with Crippen molar-refractivity contribution in [1.82, 2.24) is 9.97 Å². The number of aryl methyl sites for hydroxylation is 1. The zero-order valence-electron chi connectivity index (χ0n) is 30.3. The first-order valence-electron chi connectivity index (χ1n) is 18.2. The van der Waals surface area contributed by atoms with Crippen LogP contribution < -0.4 is 0 Å². The number of furan rings is 1. The Bertz CT molecular complexity index is 2830. The predicted octanol–water partition coefficient (Wildman–Crippen LogP) is 12.5. The Kier molecular flexibility index (Phi) is 7.31. The average Bonchev–Trinajstić information content (AvgIpc) is 3.72. The number of aromatic nitrogens is 2. The maximum absolute atomic E-state index is 12.9. The molecule has 5 aromatic carbocycles. The van der Waals surface area contributed by atoms with Crippen molar-refractivity contribution in [3.63, 3.8) is 0 Å². The number of nitrogens with zero attached hydrogens (tertiary/aromatic N) is 2. The molecule has 0 spiro atoms. The molecule has 4 aromatic heterocycles. The molecule has 6 heteroatoms. The Morgan fingerprint density at radius 3 is 2.59 bits per heavy atom. The molecule has 3 nitrogen and oxygen atoms in total. The first kappa shape index (κ1) is 27.4. The molecule has 0 atom stereocenters. The van der Waals surface area contributed by atoms with Crippen molar-refractivity contribution in [3.8, 4) is 11.3 Å². The summed E-state index contributed by atoms with van der Waals surface area (Å²) in [6, 6.07) is 35.5. The summed E-state index contributed by atoms with van der Waals surface area (Å²) in [5, 5.41) is 7.36. The fraction of sp³-hybridized carbons (Fsp3) is 0.163. The van der Waals surface area contributed by atoms with Crippen LogP contribution in [0, 0.1) is 24.8 Å². The molecule has 0 bridgehead atoms. The summed E-state index contributed by atoms with van der Waals surface area (Å²) in [6.07, 6.45) is 7.42. The number of hydrogen-bond donors (Lipinski definition) is 0. The standard InChI is InChI=1S/C32H26NO.C11H5FNS.Ir/c1-20-19-33-29(18-28(20)21-8-3-2-4-9-21)27-13-7-12-25-26-17-16-23-15-14-22-10-5-6-11-24(22)30(23)32(26)34-31(25)27;12-7-3-4-8-10(6-7)14-9-2-1-5-13-11(8)9;/h5-7,10-12,14-19,21H,2-4,8-9H2,1H3;1-3,5-6H;/q2*-1;/i1D3,21D;;. The van der Waals surface area contributed by atoms with Gasteiger partial charge in [-0.15, -0.1) is 35.7 Å². The molecule has 10 rings (SSSR count). The Balaban J connectivity index is 0.000000223. The predicted molar refractivity (Wildman–Crippen MR) is 197 cm³/mol. The van der Waals surface area contributed by atoms with Gasteiger partial charge in [-0.1, -0.05) is 102 Å². The summed E-state index contributed by atoms with van der Waals surface area (Å²) in [4.78, 5) is 8.86. The van der Waals surface area contributed by atoms with Gasteiger partial charge in [0.05, 0.1) is 5.58 Å². The number of hydrogen-bond acceptors (Lipinski definition) is 4. The third kappa shape index (κ3) is 5.62. The molecule has 243 valence electrons. The summed E-state index contributed by atoms with van der Waals surface area (Å²) >= 11 is 1.54. The minimum absolute atomic E-state index is 0. The van der Waals surface area contributed by atoms with Crippen LogP contribution in [0.5, 0.6) is 0 Å². The molecule has 1 saturated carbocycles. The van der Waals surface area contributed by atoms with Crippen LogP contribution in [-0.4, -0.2) is 9.97 Å². The minimum atomic E-state index is -2.33. The van der Waals surface area contributed by atoms with E-state index >= 15 is 0 Å². The van der Waals surface area contributed by atoms with E-state index in [0.717, 1.165) is 77.5 Å². The summed E-state index contributed by atoms with van der Waals surface area (Å²) in [6.45, 7) is -2.33. The van der Waals surface area contributed by atoms with Gasteiger partial charge in [0, 0.05) is 64.8 Å². The third-order valence-electron chi connectivity index (χ3n) is 9.40. The normalized spacial score (nSPS) is 15.8. The van der Waals surface area contributed by atoms with Crippen LogP contribution in [0.4, 0.5) is 4.39 Å². The molecule has 1 aliphatic rings. The van der Waals surface area contributed by atoms with E-state index in [1.165, 1.54) is 18.3 Å². The summed E-state index contributed by atoms with van der Waals surface area (Å²) in [5.74, 6) is -1.18. The zero-order valence-corrected chi connectivity index (χ0v) is 29.5. The van der Waals surface area contributed by atoms with E-state index in [-0.39, 0.29) is 31.5 Å². The molecular weight excluding hydrogens is 804 g/mol. The van der Waals surface area contributed by atoms with E-state index in [1.54, 1.807) is 17.5 Å². The Hall–Kier alpha value is -4.48. The van der Waals surface area contributed by atoms with E-state index in [1.807, 2.05) is 42.5 Å². The summed E-state index contributed by atoms with van der Waals surface area (Å²) in [7, 11) is 0. The summed E-state index contributed by atoms with van der Waals surface area (Å²) < 4.78 is 55.2. The third-order valence-corrected chi connectivity index (χ3v) is 10.5. The molecule has 49 heavy (non-hydrogen) atoms.